The van der Waals surface area contributed by atoms with Crippen LogP contribution in [-0.2, 0) is 15.3 Å². The monoisotopic (exact) mass is 420 g/mol. The number of nitrogens with one attached hydrogen (secondary N) is 1. The van der Waals surface area contributed by atoms with E-state index in [0.717, 1.165) is 6.07 Å². The summed E-state index contributed by atoms with van der Waals surface area (Å²) in [6.07, 6.45) is -1.58. The summed E-state index contributed by atoms with van der Waals surface area (Å²) in [5, 5.41) is 38.9. The van der Waals surface area contributed by atoms with E-state index >= 15 is 0 Å². The minimum atomic E-state index is -2.28. The second-order valence-electron chi connectivity index (χ2n) is 7.27. The van der Waals surface area contributed by atoms with Crippen molar-refractivity contribution in [2.45, 2.75) is 18.8 Å². The van der Waals surface area contributed by atoms with Crippen molar-refractivity contribution in [1.29, 1.82) is 21.2 Å². The number of benzene rings is 2. The van der Waals surface area contributed by atoms with Crippen LogP contribution in [0.25, 0.3) is 0 Å². The number of ether oxygens (including phenoxy) is 2. The van der Waals surface area contributed by atoms with Gasteiger partial charge in [-0.15, -0.1) is 0 Å². The summed E-state index contributed by atoms with van der Waals surface area (Å²) in [6, 6.07) is 18.2. The van der Waals surface area contributed by atoms with Gasteiger partial charge >= 0.3 is 0 Å². The highest BCUT2D eigenvalue weighted by Gasteiger charge is 2.80. The average molecular weight is 421 g/mol. The molecule has 2 saturated heterocycles. The summed E-state index contributed by atoms with van der Waals surface area (Å²) in [5.41, 5.74) is -4.05. The van der Waals surface area contributed by atoms with E-state index in [1.807, 2.05) is 18.2 Å². The van der Waals surface area contributed by atoms with Crippen LogP contribution in [0.1, 0.15) is 24.2 Å². The number of nitriles is 3. The van der Waals surface area contributed by atoms with E-state index in [0.29, 0.717) is 5.56 Å². The third-order valence-corrected chi connectivity index (χ3v) is 6.44. The standard InChI is InChI=1S/C22H14ClFN4O2/c1-13-21(12-27)19(28)30-22(13,14-6-3-2-4-7-14)29-18(20(21,10-25)11-26)17-15(23)8-5-9-16(17)24/h2-9,13,18,28H,1H3. The lowest BCUT2D eigenvalue weighted by atomic mass is 9.53. The third-order valence-electron chi connectivity index (χ3n) is 6.11. The van der Waals surface area contributed by atoms with Crippen LogP contribution in [0.5, 0.6) is 0 Å². The molecule has 0 radical (unpaired) electrons. The fourth-order valence-corrected chi connectivity index (χ4v) is 4.82. The van der Waals surface area contributed by atoms with Crippen LogP contribution in [0.2, 0.25) is 5.02 Å². The van der Waals surface area contributed by atoms with E-state index in [1.165, 1.54) is 12.1 Å². The molecule has 2 fully saturated rings. The van der Waals surface area contributed by atoms with E-state index in [-0.39, 0.29) is 10.6 Å². The number of hydrogen-bond acceptors (Lipinski definition) is 6. The van der Waals surface area contributed by atoms with Crippen LogP contribution < -0.4 is 0 Å². The molecule has 2 aromatic rings. The SMILES string of the molecule is CC1C2(c3ccccc3)OC(=N)C1(C#N)C(C#N)(C#N)C(c1c(F)cccc1Cl)O2. The van der Waals surface area contributed by atoms with Crippen molar-refractivity contribution in [1.82, 2.24) is 0 Å². The molecular formula is C22H14ClFN4O2. The van der Waals surface area contributed by atoms with Crippen molar-refractivity contribution < 1.29 is 13.9 Å². The van der Waals surface area contributed by atoms with Gasteiger partial charge in [-0.05, 0) is 12.1 Å². The molecule has 0 saturated carbocycles. The summed E-state index contributed by atoms with van der Waals surface area (Å²) in [4.78, 5) is 0. The van der Waals surface area contributed by atoms with Gasteiger partial charge in [0.1, 0.15) is 11.9 Å². The predicted molar refractivity (Wildman–Crippen MR) is 103 cm³/mol. The Kier molecular flexibility index (Phi) is 4.33. The summed E-state index contributed by atoms with van der Waals surface area (Å²) in [6.45, 7) is 1.58. The molecule has 4 rings (SSSR count). The maximum absolute atomic E-state index is 14.9. The van der Waals surface area contributed by atoms with Crippen LogP contribution >= 0.6 is 11.6 Å². The largest absolute Gasteiger partial charge is 0.443 e. The molecule has 2 heterocycles. The van der Waals surface area contributed by atoms with Gasteiger partial charge in [0.2, 0.25) is 17.1 Å². The molecule has 4 atom stereocenters. The molecule has 8 heteroatoms. The topological polar surface area (TPSA) is 114 Å². The predicted octanol–water partition coefficient (Wildman–Crippen LogP) is 4.59. The summed E-state index contributed by atoms with van der Waals surface area (Å²) >= 11 is 6.26. The Balaban J connectivity index is 2.10. The molecule has 2 aromatic carbocycles. The van der Waals surface area contributed by atoms with Crippen molar-refractivity contribution in [3.05, 3.63) is 70.5 Å². The van der Waals surface area contributed by atoms with Gasteiger partial charge in [0.25, 0.3) is 0 Å². The zero-order chi connectivity index (χ0) is 21.7. The van der Waals surface area contributed by atoms with Crippen LogP contribution in [0, 0.1) is 62.0 Å². The molecule has 0 aliphatic carbocycles. The van der Waals surface area contributed by atoms with Crippen LogP contribution in [-0.4, -0.2) is 5.90 Å². The molecule has 30 heavy (non-hydrogen) atoms. The van der Waals surface area contributed by atoms with Crippen molar-refractivity contribution in [2.75, 3.05) is 0 Å². The zero-order valence-corrected chi connectivity index (χ0v) is 16.4. The Bertz CT molecular complexity index is 1150. The fourth-order valence-electron chi connectivity index (χ4n) is 4.56. The van der Waals surface area contributed by atoms with Gasteiger partial charge in [0.15, 0.2) is 5.41 Å². The summed E-state index contributed by atoms with van der Waals surface area (Å²) in [7, 11) is 0. The molecule has 1 N–H and O–H groups in total. The molecule has 2 aliphatic heterocycles. The van der Waals surface area contributed by atoms with Crippen molar-refractivity contribution in [3.8, 4) is 18.2 Å². The van der Waals surface area contributed by atoms with E-state index in [4.69, 9.17) is 26.5 Å². The average Bonchev–Trinajstić information content (AvgIpc) is 2.91. The first-order valence-electron chi connectivity index (χ1n) is 9.03. The van der Waals surface area contributed by atoms with E-state index < -0.39 is 40.4 Å². The highest BCUT2D eigenvalue weighted by atomic mass is 35.5. The van der Waals surface area contributed by atoms with E-state index in [1.54, 1.807) is 37.3 Å². The molecule has 6 nitrogen and oxygen atoms in total. The number of fused-ring (bicyclic) bond motifs is 2. The first-order valence-corrected chi connectivity index (χ1v) is 9.41. The van der Waals surface area contributed by atoms with Crippen LogP contribution in [0.3, 0.4) is 0 Å². The van der Waals surface area contributed by atoms with Gasteiger partial charge in [0.05, 0.1) is 24.1 Å². The second kappa shape index (κ2) is 6.54. The molecular weight excluding hydrogens is 407 g/mol. The lowest BCUT2D eigenvalue weighted by molar-refractivity contribution is -0.289. The minimum absolute atomic E-state index is 0.0633. The van der Waals surface area contributed by atoms with Gasteiger partial charge in [-0.25, -0.2) is 4.39 Å². The van der Waals surface area contributed by atoms with E-state index in [2.05, 4.69) is 0 Å². The fraction of sp³-hybridized carbons (Fsp3) is 0.273. The molecule has 0 amide bonds. The smallest absolute Gasteiger partial charge is 0.244 e. The van der Waals surface area contributed by atoms with E-state index in [9.17, 15) is 20.2 Å². The maximum atomic E-state index is 14.9. The molecule has 2 bridgehead atoms. The Morgan fingerprint density at radius 1 is 1.03 bits per heavy atom. The minimum Gasteiger partial charge on any atom is -0.443 e. The molecule has 2 aliphatic rings. The van der Waals surface area contributed by atoms with Crippen molar-refractivity contribution >= 4 is 17.5 Å². The second-order valence-corrected chi connectivity index (χ2v) is 7.68. The zero-order valence-electron chi connectivity index (χ0n) is 15.7. The van der Waals surface area contributed by atoms with Crippen LogP contribution in [0.4, 0.5) is 4.39 Å². The third kappa shape index (κ3) is 2.10. The van der Waals surface area contributed by atoms with Crippen molar-refractivity contribution in [3.63, 3.8) is 0 Å². The quantitative estimate of drug-likeness (QED) is 0.763. The van der Waals surface area contributed by atoms with Gasteiger partial charge in [-0.2, -0.15) is 15.8 Å². The Morgan fingerprint density at radius 3 is 2.27 bits per heavy atom. The first kappa shape index (κ1) is 19.9. The Morgan fingerprint density at radius 2 is 1.70 bits per heavy atom. The number of rotatable bonds is 2. The lowest BCUT2D eigenvalue weighted by Crippen LogP contribution is -2.57. The molecule has 0 spiro atoms. The number of nitrogens with zero attached hydrogens (tertiary/aromatic N) is 3. The molecule has 0 aromatic heterocycles. The van der Waals surface area contributed by atoms with Gasteiger partial charge in [-0.3, -0.25) is 5.41 Å². The first-order chi connectivity index (χ1) is 14.3. The molecule has 4 unspecified atom stereocenters. The maximum Gasteiger partial charge on any atom is 0.244 e. The van der Waals surface area contributed by atoms with Crippen molar-refractivity contribution in [2.24, 2.45) is 16.7 Å². The van der Waals surface area contributed by atoms with Gasteiger partial charge < -0.3 is 9.47 Å². The van der Waals surface area contributed by atoms with Gasteiger partial charge in [0, 0.05) is 16.1 Å². The normalized spacial score (nSPS) is 31.1. The summed E-state index contributed by atoms with van der Waals surface area (Å²) < 4.78 is 27.0. The Hall–Kier alpha value is -3.44. The highest BCUT2D eigenvalue weighted by molar-refractivity contribution is 6.31. The van der Waals surface area contributed by atoms with Gasteiger partial charge in [-0.1, -0.05) is 54.9 Å². The Labute approximate surface area is 177 Å². The number of hydrogen-bond donors (Lipinski definition) is 1. The lowest BCUT2D eigenvalue weighted by Gasteiger charge is -2.48. The highest BCUT2D eigenvalue weighted by Crippen LogP contribution is 2.69. The van der Waals surface area contributed by atoms with Crippen LogP contribution in [0.15, 0.2) is 48.5 Å². The summed E-state index contributed by atoms with van der Waals surface area (Å²) in [5.74, 6) is -3.97. The number of halogens is 2. The molecule has 148 valence electrons.